The van der Waals surface area contributed by atoms with Gasteiger partial charge in [0.25, 0.3) is 5.91 Å². The Kier molecular flexibility index (Phi) is 7.27. The number of halogens is 3. The van der Waals surface area contributed by atoms with Crippen molar-refractivity contribution in [2.45, 2.75) is 19.0 Å². The maximum absolute atomic E-state index is 12.9. The normalized spacial score (nSPS) is 14.3. The van der Waals surface area contributed by atoms with Crippen molar-refractivity contribution in [1.29, 1.82) is 0 Å². The molecule has 0 radical (unpaired) electrons. The minimum atomic E-state index is -4.51. The first-order chi connectivity index (χ1) is 15.2. The lowest BCUT2D eigenvalue weighted by Gasteiger charge is -2.35. The van der Waals surface area contributed by atoms with E-state index >= 15 is 0 Å². The standard InChI is InChI=1S/C23H25F3N2O4/c1-31-19-7-8-20(32-2)16(15-19)6-9-21(29)27-10-12-28(13-11-27)22(30)17-4-3-5-18(14-17)23(24,25)26/h3-5,7-8,14-15H,6,9-13H2,1-2H3. The molecule has 2 aromatic rings. The van der Waals surface area contributed by atoms with E-state index in [0.717, 1.165) is 17.7 Å². The Labute approximate surface area is 184 Å². The Hall–Kier alpha value is -3.23. The van der Waals surface area contributed by atoms with Crippen LogP contribution in [0.3, 0.4) is 0 Å². The van der Waals surface area contributed by atoms with Gasteiger partial charge in [-0.15, -0.1) is 0 Å². The highest BCUT2D eigenvalue weighted by atomic mass is 19.4. The van der Waals surface area contributed by atoms with Gasteiger partial charge in [-0.05, 0) is 48.4 Å². The van der Waals surface area contributed by atoms with E-state index in [1.807, 2.05) is 6.07 Å². The molecule has 3 rings (SSSR count). The molecule has 1 saturated heterocycles. The molecule has 6 nitrogen and oxygen atoms in total. The largest absolute Gasteiger partial charge is 0.497 e. The first-order valence-corrected chi connectivity index (χ1v) is 10.2. The zero-order valence-electron chi connectivity index (χ0n) is 17.9. The molecule has 0 N–H and O–H groups in total. The van der Waals surface area contributed by atoms with Gasteiger partial charge in [0.15, 0.2) is 0 Å². The number of amides is 2. The highest BCUT2D eigenvalue weighted by Gasteiger charge is 2.32. The van der Waals surface area contributed by atoms with Crippen molar-refractivity contribution < 1.29 is 32.2 Å². The minimum absolute atomic E-state index is 0.00952. The van der Waals surface area contributed by atoms with Crippen molar-refractivity contribution in [3.05, 3.63) is 59.2 Å². The molecule has 2 amide bonds. The van der Waals surface area contributed by atoms with Crippen molar-refractivity contribution in [2.75, 3.05) is 40.4 Å². The van der Waals surface area contributed by atoms with E-state index in [0.29, 0.717) is 31.0 Å². The third-order valence-corrected chi connectivity index (χ3v) is 5.45. The molecule has 1 heterocycles. The Balaban J connectivity index is 1.55. The lowest BCUT2D eigenvalue weighted by atomic mass is 10.1. The van der Waals surface area contributed by atoms with Gasteiger partial charge in [0.2, 0.25) is 5.91 Å². The lowest BCUT2D eigenvalue weighted by molar-refractivity contribution is -0.137. The third-order valence-electron chi connectivity index (χ3n) is 5.45. The molecule has 0 unspecified atom stereocenters. The van der Waals surface area contributed by atoms with Gasteiger partial charge in [-0.1, -0.05) is 6.07 Å². The van der Waals surface area contributed by atoms with Gasteiger partial charge in [-0.2, -0.15) is 13.2 Å². The molecule has 1 fully saturated rings. The van der Waals surface area contributed by atoms with Gasteiger partial charge in [-0.25, -0.2) is 0 Å². The van der Waals surface area contributed by atoms with Gasteiger partial charge in [0, 0.05) is 38.2 Å². The van der Waals surface area contributed by atoms with Crippen LogP contribution in [-0.4, -0.2) is 62.0 Å². The van der Waals surface area contributed by atoms with Crippen LogP contribution in [-0.2, 0) is 17.4 Å². The number of rotatable bonds is 6. The molecule has 0 aliphatic carbocycles. The molecule has 0 bridgehead atoms. The summed E-state index contributed by atoms with van der Waals surface area (Å²) in [6.45, 7) is 1.20. The average molecular weight is 450 g/mol. The van der Waals surface area contributed by atoms with Gasteiger partial charge in [0.1, 0.15) is 11.5 Å². The monoisotopic (exact) mass is 450 g/mol. The number of ether oxygens (including phenoxy) is 2. The van der Waals surface area contributed by atoms with Gasteiger partial charge in [0.05, 0.1) is 19.8 Å². The first-order valence-electron chi connectivity index (χ1n) is 10.2. The van der Waals surface area contributed by atoms with E-state index in [1.165, 1.54) is 17.0 Å². The quantitative estimate of drug-likeness (QED) is 0.674. The van der Waals surface area contributed by atoms with Crippen LogP contribution in [0.15, 0.2) is 42.5 Å². The molecule has 1 aliphatic heterocycles. The fourth-order valence-corrected chi connectivity index (χ4v) is 3.65. The molecule has 32 heavy (non-hydrogen) atoms. The Bertz CT molecular complexity index is 970. The Morgan fingerprint density at radius 1 is 0.938 bits per heavy atom. The third kappa shape index (κ3) is 5.52. The lowest BCUT2D eigenvalue weighted by Crippen LogP contribution is -2.50. The fraction of sp³-hybridized carbons (Fsp3) is 0.391. The number of nitrogens with zero attached hydrogens (tertiary/aromatic N) is 2. The summed E-state index contributed by atoms with van der Waals surface area (Å²) in [4.78, 5) is 28.4. The van der Waals surface area contributed by atoms with E-state index in [1.54, 1.807) is 31.3 Å². The number of piperazine rings is 1. The maximum atomic E-state index is 12.9. The van der Waals surface area contributed by atoms with E-state index in [4.69, 9.17) is 9.47 Å². The molecule has 0 saturated carbocycles. The summed E-state index contributed by atoms with van der Waals surface area (Å²) in [5.41, 5.74) is -0.00610. The second-order valence-electron chi connectivity index (χ2n) is 7.43. The summed E-state index contributed by atoms with van der Waals surface area (Å²) in [6.07, 6.45) is -3.76. The summed E-state index contributed by atoms with van der Waals surface area (Å²) in [7, 11) is 3.13. The van der Waals surface area contributed by atoms with Crippen molar-refractivity contribution in [3.63, 3.8) is 0 Å². The topological polar surface area (TPSA) is 59.1 Å². The van der Waals surface area contributed by atoms with Crippen LogP contribution in [0, 0.1) is 0 Å². The molecular formula is C23H25F3N2O4. The van der Waals surface area contributed by atoms with Gasteiger partial charge < -0.3 is 19.3 Å². The average Bonchev–Trinajstić information content (AvgIpc) is 2.81. The van der Waals surface area contributed by atoms with Crippen molar-refractivity contribution in [2.24, 2.45) is 0 Å². The molecule has 172 valence electrons. The zero-order valence-corrected chi connectivity index (χ0v) is 17.9. The number of hydrogen-bond donors (Lipinski definition) is 0. The molecule has 0 spiro atoms. The molecule has 0 atom stereocenters. The fourth-order valence-electron chi connectivity index (χ4n) is 3.65. The van der Waals surface area contributed by atoms with Crippen LogP contribution in [0.25, 0.3) is 0 Å². The van der Waals surface area contributed by atoms with Crippen LogP contribution in [0.2, 0.25) is 0 Å². The van der Waals surface area contributed by atoms with Crippen LogP contribution >= 0.6 is 0 Å². The van der Waals surface area contributed by atoms with Crippen LogP contribution < -0.4 is 9.47 Å². The minimum Gasteiger partial charge on any atom is -0.497 e. The number of methoxy groups -OCH3 is 2. The number of carbonyl (C=O) groups is 2. The smallest absolute Gasteiger partial charge is 0.416 e. The Morgan fingerprint density at radius 2 is 1.62 bits per heavy atom. The van der Waals surface area contributed by atoms with E-state index in [9.17, 15) is 22.8 Å². The summed E-state index contributed by atoms with van der Waals surface area (Å²) in [6, 6.07) is 9.80. The molecule has 0 aromatic heterocycles. The van der Waals surface area contributed by atoms with E-state index in [2.05, 4.69) is 0 Å². The maximum Gasteiger partial charge on any atom is 0.416 e. The second-order valence-corrected chi connectivity index (χ2v) is 7.43. The molecule has 9 heteroatoms. The van der Waals surface area contributed by atoms with Crippen LogP contribution in [0.4, 0.5) is 13.2 Å². The van der Waals surface area contributed by atoms with Crippen LogP contribution in [0.5, 0.6) is 11.5 Å². The molecule has 1 aliphatic rings. The molecular weight excluding hydrogens is 425 g/mol. The van der Waals surface area contributed by atoms with E-state index in [-0.39, 0.29) is 31.0 Å². The SMILES string of the molecule is COc1ccc(OC)c(CCC(=O)N2CCN(C(=O)c3cccc(C(F)(F)F)c3)CC2)c1. The predicted octanol–water partition coefficient (Wildman–Crippen LogP) is 3.64. The summed E-state index contributed by atoms with van der Waals surface area (Å²) >= 11 is 0. The highest BCUT2D eigenvalue weighted by Crippen LogP contribution is 2.30. The van der Waals surface area contributed by atoms with Gasteiger partial charge >= 0.3 is 6.18 Å². The van der Waals surface area contributed by atoms with Crippen molar-refractivity contribution in [1.82, 2.24) is 9.80 Å². The Morgan fingerprint density at radius 3 is 2.25 bits per heavy atom. The highest BCUT2D eigenvalue weighted by molar-refractivity contribution is 5.94. The van der Waals surface area contributed by atoms with Crippen molar-refractivity contribution >= 4 is 11.8 Å². The molecule has 2 aromatic carbocycles. The number of benzene rings is 2. The first kappa shape index (κ1) is 23.4. The zero-order chi connectivity index (χ0) is 23.3. The second kappa shape index (κ2) is 9.93. The van der Waals surface area contributed by atoms with Crippen LogP contribution in [0.1, 0.15) is 27.9 Å². The predicted molar refractivity (Wildman–Crippen MR) is 112 cm³/mol. The summed E-state index contributed by atoms with van der Waals surface area (Å²) in [5.74, 6) is 0.829. The number of hydrogen-bond acceptors (Lipinski definition) is 4. The van der Waals surface area contributed by atoms with E-state index < -0.39 is 17.6 Å². The van der Waals surface area contributed by atoms with Gasteiger partial charge in [-0.3, -0.25) is 9.59 Å². The summed E-state index contributed by atoms with van der Waals surface area (Å²) in [5, 5.41) is 0. The number of aryl methyl sites for hydroxylation is 1. The number of alkyl halides is 3. The number of carbonyl (C=O) groups excluding carboxylic acids is 2. The summed E-state index contributed by atoms with van der Waals surface area (Å²) < 4.78 is 49.3. The van der Waals surface area contributed by atoms with Crippen molar-refractivity contribution in [3.8, 4) is 11.5 Å².